The van der Waals surface area contributed by atoms with Crippen LogP contribution in [-0.2, 0) is 12.8 Å². The molecule has 3 nitrogen and oxygen atoms in total. The summed E-state index contributed by atoms with van der Waals surface area (Å²) in [5.41, 5.74) is 2.89. The molecule has 2 heterocycles. The summed E-state index contributed by atoms with van der Waals surface area (Å²) in [6.45, 7) is 6.23. The van der Waals surface area contributed by atoms with Crippen LogP contribution in [0.2, 0.25) is 5.15 Å². The summed E-state index contributed by atoms with van der Waals surface area (Å²) >= 11 is 6.09. The molecule has 0 aliphatic carbocycles. The van der Waals surface area contributed by atoms with E-state index < -0.39 is 0 Å². The van der Waals surface area contributed by atoms with E-state index in [0.717, 1.165) is 29.8 Å². The SMILES string of the molecule is CCc1cc(Cl)nc(-c2cccc3c2OC(C)(C)C3)n1. The summed E-state index contributed by atoms with van der Waals surface area (Å²) in [7, 11) is 0. The minimum atomic E-state index is -0.176. The van der Waals surface area contributed by atoms with E-state index in [1.165, 1.54) is 5.56 Å². The molecule has 0 amide bonds. The Labute approximate surface area is 124 Å². The molecular weight excluding hydrogens is 272 g/mol. The molecule has 0 N–H and O–H groups in total. The van der Waals surface area contributed by atoms with Gasteiger partial charge in [0.15, 0.2) is 5.82 Å². The highest BCUT2D eigenvalue weighted by atomic mass is 35.5. The van der Waals surface area contributed by atoms with Crippen LogP contribution >= 0.6 is 11.6 Å². The maximum absolute atomic E-state index is 6.09. The van der Waals surface area contributed by atoms with Crippen LogP contribution in [-0.4, -0.2) is 15.6 Å². The highest BCUT2D eigenvalue weighted by Crippen LogP contribution is 2.41. The molecule has 3 rings (SSSR count). The Morgan fingerprint density at radius 1 is 1.30 bits per heavy atom. The van der Waals surface area contributed by atoms with Crippen molar-refractivity contribution in [2.45, 2.75) is 39.2 Å². The van der Waals surface area contributed by atoms with Gasteiger partial charge in [0, 0.05) is 12.1 Å². The Kier molecular flexibility index (Phi) is 3.17. The zero-order chi connectivity index (χ0) is 14.3. The van der Waals surface area contributed by atoms with Gasteiger partial charge >= 0.3 is 0 Å². The molecule has 20 heavy (non-hydrogen) atoms. The predicted octanol–water partition coefficient (Wildman–Crippen LogP) is 4.07. The molecule has 0 atom stereocenters. The van der Waals surface area contributed by atoms with E-state index in [4.69, 9.17) is 16.3 Å². The molecule has 0 saturated carbocycles. The van der Waals surface area contributed by atoms with Gasteiger partial charge in [-0.1, -0.05) is 30.7 Å². The zero-order valence-corrected chi connectivity index (χ0v) is 12.7. The average Bonchev–Trinajstić information content (AvgIpc) is 2.71. The number of aryl methyl sites for hydroxylation is 1. The third-order valence-electron chi connectivity index (χ3n) is 3.44. The maximum atomic E-state index is 6.09. The van der Waals surface area contributed by atoms with Crippen molar-refractivity contribution in [1.82, 2.24) is 9.97 Å². The van der Waals surface area contributed by atoms with Gasteiger partial charge < -0.3 is 4.74 Å². The van der Waals surface area contributed by atoms with Gasteiger partial charge in [0.2, 0.25) is 0 Å². The first-order valence-electron chi connectivity index (χ1n) is 6.83. The van der Waals surface area contributed by atoms with Crippen LogP contribution in [0.5, 0.6) is 5.75 Å². The van der Waals surface area contributed by atoms with Crippen LogP contribution in [0.25, 0.3) is 11.4 Å². The van der Waals surface area contributed by atoms with Crippen molar-refractivity contribution in [1.29, 1.82) is 0 Å². The summed E-state index contributed by atoms with van der Waals surface area (Å²) in [5.74, 6) is 1.53. The molecule has 1 aliphatic heterocycles. The Morgan fingerprint density at radius 2 is 2.10 bits per heavy atom. The van der Waals surface area contributed by atoms with Crippen molar-refractivity contribution in [3.05, 3.63) is 40.7 Å². The van der Waals surface area contributed by atoms with Crippen LogP contribution < -0.4 is 4.74 Å². The lowest BCUT2D eigenvalue weighted by molar-refractivity contribution is 0.139. The lowest BCUT2D eigenvalue weighted by Gasteiger charge is -2.18. The van der Waals surface area contributed by atoms with Crippen molar-refractivity contribution in [2.24, 2.45) is 0 Å². The van der Waals surface area contributed by atoms with Crippen LogP contribution in [0.4, 0.5) is 0 Å². The van der Waals surface area contributed by atoms with E-state index in [9.17, 15) is 0 Å². The molecule has 0 radical (unpaired) electrons. The second-order valence-electron chi connectivity index (χ2n) is 5.69. The summed E-state index contributed by atoms with van der Waals surface area (Å²) in [6.07, 6.45) is 1.73. The topological polar surface area (TPSA) is 35.0 Å². The molecule has 0 spiro atoms. The maximum Gasteiger partial charge on any atom is 0.164 e. The largest absolute Gasteiger partial charge is 0.486 e. The summed E-state index contributed by atoms with van der Waals surface area (Å²) in [4.78, 5) is 8.92. The van der Waals surface area contributed by atoms with Crippen molar-refractivity contribution in [3.63, 3.8) is 0 Å². The quantitative estimate of drug-likeness (QED) is 0.781. The minimum absolute atomic E-state index is 0.176. The summed E-state index contributed by atoms with van der Waals surface area (Å²) < 4.78 is 6.07. The Hall–Kier alpha value is -1.61. The fraction of sp³-hybridized carbons (Fsp3) is 0.375. The van der Waals surface area contributed by atoms with Crippen LogP contribution in [0.1, 0.15) is 32.0 Å². The number of hydrogen-bond acceptors (Lipinski definition) is 3. The lowest BCUT2D eigenvalue weighted by atomic mass is 10.0. The van der Waals surface area contributed by atoms with Gasteiger partial charge in [-0.05, 0) is 38.0 Å². The fourth-order valence-corrected chi connectivity index (χ4v) is 2.76. The van der Waals surface area contributed by atoms with E-state index in [-0.39, 0.29) is 5.60 Å². The number of halogens is 1. The fourth-order valence-electron chi connectivity index (χ4n) is 2.56. The first-order valence-corrected chi connectivity index (χ1v) is 7.21. The van der Waals surface area contributed by atoms with Gasteiger partial charge in [0.05, 0.1) is 5.56 Å². The molecule has 2 aromatic rings. The van der Waals surface area contributed by atoms with Crippen LogP contribution in [0, 0.1) is 0 Å². The van der Waals surface area contributed by atoms with E-state index in [1.807, 2.05) is 12.1 Å². The van der Waals surface area contributed by atoms with Crippen LogP contribution in [0.15, 0.2) is 24.3 Å². The van der Waals surface area contributed by atoms with E-state index in [0.29, 0.717) is 11.0 Å². The third-order valence-corrected chi connectivity index (χ3v) is 3.64. The standard InChI is InChI=1S/C16H17ClN2O/c1-4-11-8-13(17)19-15(18-11)12-7-5-6-10-9-16(2,3)20-14(10)12/h5-8H,4,9H2,1-3H3. The highest BCUT2D eigenvalue weighted by Gasteiger charge is 2.32. The number of ether oxygens (including phenoxy) is 1. The number of fused-ring (bicyclic) bond motifs is 1. The van der Waals surface area contributed by atoms with Gasteiger partial charge in [0.25, 0.3) is 0 Å². The Bertz CT molecular complexity index is 668. The molecule has 0 unspecified atom stereocenters. The smallest absolute Gasteiger partial charge is 0.164 e. The number of para-hydroxylation sites is 1. The number of aromatic nitrogens is 2. The summed E-state index contributed by atoms with van der Waals surface area (Å²) in [5, 5.41) is 0.474. The number of benzene rings is 1. The van der Waals surface area contributed by atoms with Gasteiger partial charge in [-0.15, -0.1) is 0 Å². The minimum Gasteiger partial charge on any atom is -0.486 e. The molecule has 1 aliphatic rings. The van der Waals surface area contributed by atoms with E-state index in [2.05, 4.69) is 36.8 Å². The predicted molar refractivity (Wildman–Crippen MR) is 80.3 cm³/mol. The lowest BCUT2D eigenvalue weighted by Crippen LogP contribution is -2.24. The number of hydrogen-bond donors (Lipinski definition) is 0. The van der Waals surface area contributed by atoms with Crippen molar-refractivity contribution in [3.8, 4) is 17.1 Å². The highest BCUT2D eigenvalue weighted by molar-refractivity contribution is 6.29. The molecule has 0 saturated heterocycles. The van der Waals surface area contributed by atoms with Crippen LogP contribution in [0.3, 0.4) is 0 Å². The molecule has 0 fully saturated rings. The van der Waals surface area contributed by atoms with E-state index in [1.54, 1.807) is 6.07 Å². The number of rotatable bonds is 2. The first kappa shape index (κ1) is 13.4. The number of nitrogens with zero attached hydrogens (tertiary/aromatic N) is 2. The summed E-state index contributed by atoms with van der Waals surface area (Å²) in [6, 6.07) is 7.91. The molecule has 1 aromatic carbocycles. The average molecular weight is 289 g/mol. The van der Waals surface area contributed by atoms with Crippen molar-refractivity contribution >= 4 is 11.6 Å². The van der Waals surface area contributed by atoms with Gasteiger partial charge in [0.1, 0.15) is 16.5 Å². The zero-order valence-electron chi connectivity index (χ0n) is 11.9. The molecule has 4 heteroatoms. The normalized spacial score (nSPS) is 15.8. The Morgan fingerprint density at radius 3 is 2.85 bits per heavy atom. The Balaban J connectivity index is 2.13. The monoisotopic (exact) mass is 288 g/mol. The first-order chi connectivity index (χ1) is 9.48. The van der Waals surface area contributed by atoms with E-state index >= 15 is 0 Å². The molecule has 0 bridgehead atoms. The van der Waals surface area contributed by atoms with Crippen molar-refractivity contribution in [2.75, 3.05) is 0 Å². The molecule has 1 aromatic heterocycles. The second-order valence-corrected chi connectivity index (χ2v) is 6.08. The van der Waals surface area contributed by atoms with Gasteiger partial charge in [-0.25, -0.2) is 9.97 Å². The second kappa shape index (κ2) is 4.74. The van der Waals surface area contributed by atoms with Gasteiger partial charge in [-0.2, -0.15) is 0 Å². The van der Waals surface area contributed by atoms with Gasteiger partial charge in [-0.3, -0.25) is 0 Å². The molecular formula is C16H17ClN2O. The molecule has 104 valence electrons. The third kappa shape index (κ3) is 2.38. The van der Waals surface area contributed by atoms with Crippen molar-refractivity contribution < 1.29 is 4.74 Å².